The summed E-state index contributed by atoms with van der Waals surface area (Å²) in [6.45, 7) is 2.15. The van der Waals surface area contributed by atoms with Gasteiger partial charge >= 0.3 is 0 Å². The lowest BCUT2D eigenvalue weighted by atomic mass is 10.1. The van der Waals surface area contributed by atoms with E-state index >= 15 is 0 Å². The monoisotopic (exact) mass is 263 g/mol. The summed E-state index contributed by atoms with van der Waals surface area (Å²) >= 11 is 0. The van der Waals surface area contributed by atoms with Crippen LogP contribution in [0, 0.1) is 0 Å². The zero-order chi connectivity index (χ0) is 13.7. The van der Waals surface area contributed by atoms with Crippen LogP contribution < -0.4 is 15.8 Å². The van der Waals surface area contributed by atoms with E-state index in [1.54, 1.807) is 7.11 Å². The third-order valence-electron chi connectivity index (χ3n) is 3.28. The van der Waals surface area contributed by atoms with Crippen molar-refractivity contribution < 1.29 is 9.53 Å². The number of hydrogen-bond acceptors (Lipinski definition) is 4. The van der Waals surface area contributed by atoms with E-state index in [0.717, 1.165) is 37.4 Å². The fraction of sp³-hybridized carbons (Fsp3) is 0.500. The number of ether oxygens (including phenoxy) is 1. The molecule has 1 saturated heterocycles. The van der Waals surface area contributed by atoms with E-state index in [1.807, 2.05) is 24.3 Å². The van der Waals surface area contributed by atoms with Crippen LogP contribution >= 0.6 is 0 Å². The minimum atomic E-state index is -0.000679. The van der Waals surface area contributed by atoms with Gasteiger partial charge in [0.15, 0.2) is 0 Å². The molecule has 1 aliphatic rings. The van der Waals surface area contributed by atoms with Crippen molar-refractivity contribution in [1.29, 1.82) is 0 Å². The summed E-state index contributed by atoms with van der Waals surface area (Å²) in [5.41, 5.74) is 6.68. The van der Waals surface area contributed by atoms with Gasteiger partial charge in [0, 0.05) is 18.3 Å². The molecule has 1 fully saturated rings. The van der Waals surface area contributed by atoms with Gasteiger partial charge in [0.1, 0.15) is 5.75 Å². The summed E-state index contributed by atoms with van der Waals surface area (Å²) in [5, 5.41) is 2.88. The number of carbonyl (C=O) groups is 1. The van der Waals surface area contributed by atoms with Gasteiger partial charge in [-0.3, -0.25) is 9.69 Å². The lowest BCUT2D eigenvalue weighted by Crippen LogP contribution is -2.45. The standard InChI is InChI=1S/C14H21N3O2/c1-19-13-6-4-12(5-7-13)16-14(18)10-17-8-2-3-11(15)9-17/h4-7,11H,2-3,8-10,15H2,1H3,(H,16,18)/t11-/m1/s1. The first-order valence-corrected chi connectivity index (χ1v) is 6.59. The summed E-state index contributed by atoms with van der Waals surface area (Å²) in [4.78, 5) is 14.0. The Morgan fingerprint density at radius 3 is 2.84 bits per heavy atom. The van der Waals surface area contributed by atoms with Crippen LogP contribution in [0.4, 0.5) is 5.69 Å². The molecule has 1 aliphatic heterocycles. The number of anilines is 1. The Labute approximate surface area is 113 Å². The van der Waals surface area contributed by atoms with Crippen LogP contribution in [0.5, 0.6) is 5.75 Å². The summed E-state index contributed by atoms with van der Waals surface area (Å²) in [6.07, 6.45) is 2.12. The first-order valence-electron chi connectivity index (χ1n) is 6.59. The van der Waals surface area contributed by atoms with Crippen LogP contribution in [-0.2, 0) is 4.79 Å². The van der Waals surface area contributed by atoms with Gasteiger partial charge in [0.25, 0.3) is 0 Å². The fourth-order valence-corrected chi connectivity index (χ4v) is 2.31. The average Bonchev–Trinajstić information content (AvgIpc) is 2.39. The number of nitrogens with one attached hydrogen (secondary N) is 1. The number of hydrogen-bond donors (Lipinski definition) is 2. The SMILES string of the molecule is COc1ccc(NC(=O)CN2CCC[C@@H](N)C2)cc1. The average molecular weight is 263 g/mol. The molecule has 1 amide bonds. The van der Waals surface area contributed by atoms with E-state index in [0.29, 0.717) is 6.54 Å². The van der Waals surface area contributed by atoms with Crippen molar-refractivity contribution in [3.63, 3.8) is 0 Å². The number of amides is 1. The minimum Gasteiger partial charge on any atom is -0.497 e. The quantitative estimate of drug-likeness (QED) is 0.852. The Kier molecular flexibility index (Phi) is 4.76. The highest BCUT2D eigenvalue weighted by molar-refractivity contribution is 5.92. The van der Waals surface area contributed by atoms with Crippen molar-refractivity contribution in [3.05, 3.63) is 24.3 Å². The van der Waals surface area contributed by atoms with Crippen molar-refractivity contribution in [1.82, 2.24) is 4.90 Å². The summed E-state index contributed by atoms with van der Waals surface area (Å²) < 4.78 is 5.07. The van der Waals surface area contributed by atoms with Crippen molar-refractivity contribution >= 4 is 11.6 Å². The maximum Gasteiger partial charge on any atom is 0.238 e. The van der Waals surface area contributed by atoms with Crippen LogP contribution in [0.3, 0.4) is 0 Å². The molecule has 0 radical (unpaired) electrons. The van der Waals surface area contributed by atoms with Gasteiger partial charge in [-0.25, -0.2) is 0 Å². The smallest absolute Gasteiger partial charge is 0.238 e. The molecule has 2 rings (SSSR count). The molecule has 104 valence electrons. The van der Waals surface area contributed by atoms with Crippen LogP contribution in [0.1, 0.15) is 12.8 Å². The fourth-order valence-electron chi connectivity index (χ4n) is 2.31. The van der Waals surface area contributed by atoms with E-state index < -0.39 is 0 Å². The third-order valence-corrected chi connectivity index (χ3v) is 3.28. The summed E-state index contributed by atoms with van der Waals surface area (Å²) in [5.74, 6) is 0.777. The van der Waals surface area contributed by atoms with Crippen LogP contribution in [-0.4, -0.2) is 43.6 Å². The van der Waals surface area contributed by atoms with Crippen molar-refractivity contribution in [2.75, 3.05) is 32.1 Å². The number of nitrogens with zero attached hydrogens (tertiary/aromatic N) is 1. The summed E-state index contributed by atoms with van der Waals surface area (Å²) in [6, 6.07) is 7.51. The number of rotatable bonds is 4. The predicted molar refractivity (Wildman–Crippen MR) is 75.3 cm³/mol. The molecule has 0 bridgehead atoms. The maximum absolute atomic E-state index is 11.9. The van der Waals surface area contributed by atoms with E-state index in [9.17, 15) is 4.79 Å². The molecule has 1 atom stereocenters. The lowest BCUT2D eigenvalue weighted by molar-refractivity contribution is -0.117. The number of nitrogens with two attached hydrogens (primary N) is 1. The van der Waals surface area contributed by atoms with E-state index in [4.69, 9.17) is 10.5 Å². The van der Waals surface area contributed by atoms with Gasteiger partial charge in [-0.2, -0.15) is 0 Å². The highest BCUT2D eigenvalue weighted by atomic mass is 16.5. The lowest BCUT2D eigenvalue weighted by Gasteiger charge is -2.29. The van der Waals surface area contributed by atoms with E-state index in [-0.39, 0.29) is 11.9 Å². The van der Waals surface area contributed by atoms with Crippen LogP contribution in [0.15, 0.2) is 24.3 Å². The Bertz CT molecular complexity index is 419. The summed E-state index contributed by atoms with van der Waals surface area (Å²) in [7, 11) is 1.62. The van der Waals surface area contributed by atoms with Gasteiger partial charge < -0.3 is 15.8 Å². The van der Waals surface area contributed by atoms with Crippen LogP contribution in [0.2, 0.25) is 0 Å². The van der Waals surface area contributed by atoms with E-state index in [2.05, 4.69) is 10.2 Å². The van der Waals surface area contributed by atoms with Gasteiger partial charge in [-0.1, -0.05) is 0 Å². The largest absolute Gasteiger partial charge is 0.497 e. The highest BCUT2D eigenvalue weighted by Gasteiger charge is 2.18. The topological polar surface area (TPSA) is 67.6 Å². The normalized spacial score (nSPS) is 20.0. The molecular formula is C14H21N3O2. The Morgan fingerprint density at radius 1 is 1.47 bits per heavy atom. The molecule has 19 heavy (non-hydrogen) atoms. The molecule has 3 N–H and O–H groups in total. The van der Waals surface area contributed by atoms with Crippen molar-refractivity contribution in [2.45, 2.75) is 18.9 Å². The Balaban J connectivity index is 1.83. The first-order chi connectivity index (χ1) is 9.17. The molecule has 0 unspecified atom stereocenters. The zero-order valence-electron chi connectivity index (χ0n) is 11.3. The van der Waals surface area contributed by atoms with E-state index in [1.165, 1.54) is 0 Å². The van der Waals surface area contributed by atoms with Crippen molar-refractivity contribution in [3.8, 4) is 5.75 Å². The molecule has 1 aromatic carbocycles. The van der Waals surface area contributed by atoms with Crippen LogP contribution in [0.25, 0.3) is 0 Å². The van der Waals surface area contributed by atoms with Gasteiger partial charge in [-0.15, -0.1) is 0 Å². The van der Waals surface area contributed by atoms with Gasteiger partial charge in [0.05, 0.1) is 13.7 Å². The van der Waals surface area contributed by atoms with Crippen molar-refractivity contribution in [2.24, 2.45) is 5.73 Å². The predicted octanol–water partition coefficient (Wildman–Crippen LogP) is 1.06. The molecule has 5 heteroatoms. The van der Waals surface area contributed by atoms with Gasteiger partial charge in [0.2, 0.25) is 5.91 Å². The molecule has 0 spiro atoms. The Hall–Kier alpha value is -1.59. The molecule has 0 aromatic heterocycles. The number of methoxy groups -OCH3 is 1. The first kappa shape index (κ1) is 13.8. The molecule has 1 aromatic rings. The minimum absolute atomic E-state index is 0.000679. The molecular weight excluding hydrogens is 242 g/mol. The number of carbonyl (C=O) groups excluding carboxylic acids is 1. The molecule has 0 saturated carbocycles. The second kappa shape index (κ2) is 6.54. The second-order valence-electron chi connectivity index (χ2n) is 4.91. The molecule has 0 aliphatic carbocycles. The number of likely N-dealkylation sites (tertiary alicyclic amines) is 1. The number of benzene rings is 1. The second-order valence-corrected chi connectivity index (χ2v) is 4.91. The third kappa shape index (κ3) is 4.22. The highest BCUT2D eigenvalue weighted by Crippen LogP contribution is 2.15. The Morgan fingerprint density at radius 2 is 2.21 bits per heavy atom. The maximum atomic E-state index is 11.9. The van der Waals surface area contributed by atoms with Gasteiger partial charge in [-0.05, 0) is 43.7 Å². The molecule has 5 nitrogen and oxygen atoms in total. The zero-order valence-corrected chi connectivity index (χ0v) is 11.3. The molecule has 1 heterocycles. The number of piperidine rings is 1.